The highest BCUT2D eigenvalue weighted by atomic mass is 16.5. The number of nitrogens with zero attached hydrogens (tertiary/aromatic N) is 2. The van der Waals surface area contributed by atoms with Crippen molar-refractivity contribution in [2.45, 2.75) is 32.1 Å². The minimum absolute atomic E-state index is 0.112. The molecule has 0 aliphatic carbocycles. The molecule has 0 saturated carbocycles. The summed E-state index contributed by atoms with van der Waals surface area (Å²) in [4.78, 5) is 27.5. The lowest BCUT2D eigenvalue weighted by molar-refractivity contribution is -0.130. The first-order valence-corrected chi connectivity index (χ1v) is 9.11. The Morgan fingerprint density at radius 3 is 2.84 bits per heavy atom. The van der Waals surface area contributed by atoms with Crippen LogP contribution in [0.2, 0.25) is 0 Å². The molecule has 2 rings (SSSR count). The quantitative estimate of drug-likeness (QED) is 0.735. The molecule has 1 saturated heterocycles. The fourth-order valence-corrected chi connectivity index (χ4v) is 2.79. The van der Waals surface area contributed by atoms with Crippen LogP contribution in [0, 0.1) is 0 Å². The zero-order valence-electron chi connectivity index (χ0n) is 15.1. The van der Waals surface area contributed by atoms with E-state index in [0.29, 0.717) is 26.1 Å². The summed E-state index contributed by atoms with van der Waals surface area (Å²) in [7, 11) is 1.75. The predicted molar refractivity (Wildman–Crippen MR) is 97.6 cm³/mol. The van der Waals surface area contributed by atoms with Crippen LogP contribution < -0.4 is 10.1 Å². The summed E-state index contributed by atoms with van der Waals surface area (Å²) < 4.78 is 5.59. The summed E-state index contributed by atoms with van der Waals surface area (Å²) in [6.07, 6.45) is 4.67. The maximum atomic E-state index is 12.0. The number of rotatable bonds is 8. The molecule has 0 unspecified atom stereocenters. The minimum atomic E-state index is -0.112. The highest BCUT2D eigenvalue weighted by Gasteiger charge is 2.16. The lowest BCUT2D eigenvalue weighted by Crippen LogP contribution is -2.40. The van der Waals surface area contributed by atoms with Gasteiger partial charge in [0.25, 0.3) is 0 Å². The van der Waals surface area contributed by atoms with Crippen molar-refractivity contribution in [1.82, 2.24) is 15.1 Å². The number of nitrogens with one attached hydrogen (secondary N) is 1. The molecular formula is C19H29N3O3. The van der Waals surface area contributed by atoms with Gasteiger partial charge in [-0.3, -0.25) is 4.79 Å². The van der Waals surface area contributed by atoms with Gasteiger partial charge in [0.05, 0.1) is 6.54 Å². The summed E-state index contributed by atoms with van der Waals surface area (Å²) >= 11 is 0. The third-order valence-electron chi connectivity index (χ3n) is 4.34. The van der Waals surface area contributed by atoms with E-state index in [4.69, 9.17) is 4.74 Å². The van der Waals surface area contributed by atoms with E-state index in [1.165, 1.54) is 0 Å². The Hall–Kier alpha value is -2.24. The molecule has 0 bridgehead atoms. The fraction of sp³-hybridized carbons (Fsp3) is 0.579. The summed E-state index contributed by atoms with van der Waals surface area (Å²) in [5, 5.41) is 2.89. The van der Waals surface area contributed by atoms with Gasteiger partial charge in [-0.1, -0.05) is 24.6 Å². The minimum Gasteiger partial charge on any atom is -0.492 e. The highest BCUT2D eigenvalue weighted by molar-refractivity contribution is 5.76. The van der Waals surface area contributed by atoms with Gasteiger partial charge < -0.3 is 19.9 Å². The van der Waals surface area contributed by atoms with Gasteiger partial charge in [0.2, 0.25) is 5.91 Å². The molecule has 0 atom stereocenters. The Morgan fingerprint density at radius 1 is 1.24 bits per heavy atom. The molecule has 0 spiro atoms. The largest absolute Gasteiger partial charge is 0.492 e. The molecule has 25 heavy (non-hydrogen) atoms. The van der Waals surface area contributed by atoms with Crippen LogP contribution in [0.1, 0.15) is 32.1 Å². The number of likely N-dealkylation sites (tertiary alicyclic amines) is 1. The molecule has 1 aliphatic heterocycles. The normalized spacial score (nSPS) is 14.8. The maximum absolute atomic E-state index is 12.0. The topological polar surface area (TPSA) is 61.9 Å². The number of carbonyl (C=O) groups is 2. The van der Waals surface area contributed by atoms with E-state index in [9.17, 15) is 9.59 Å². The molecule has 1 aromatic rings. The summed E-state index contributed by atoms with van der Waals surface area (Å²) in [6, 6.07) is 9.45. The van der Waals surface area contributed by atoms with E-state index in [0.717, 1.165) is 44.5 Å². The number of likely N-dealkylation sites (N-methyl/N-ethyl adjacent to an activating group) is 1. The van der Waals surface area contributed by atoms with Gasteiger partial charge >= 0.3 is 6.03 Å². The van der Waals surface area contributed by atoms with Crippen LogP contribution in [0.4, 0.5) is 4.79 Å². The lowest BCUT2D eigenvalue weighted by Gasteiger charge is -2.21. The lowest BCUT2D eigenvalue weighted by atomic mass is 10.2. The number of carbonyl (C=O) groups excluding carboxylic acids is 2. The van der Waals surface area contributed by atoms with Crippen LogP contribution in [0.15, 0.2) is 30.3 Å². The molecule has 1 heterocycles. The van der Waals surface area contributed by atoms with Gasteiger partial charge in [-0.25, -0.2) is 4.79 Å². The van der Waals surface area contributed by atoms with Gasteiger partial charge in [-0.2, -0.15) is 0 Å². The second kappa shape index (κ2) is 10.6. The molecule has 1 aromatic carbocycles. The summed E-state index contributed by atoms with van der Waals surface area (Å²) in [6.45, 7) is 3.12. The zero-order valence-corrected chi connectivity index (χ0v) is 15.1. The van der Waals surface area contributed by atoms with E-state index in [1.54, 1.807) is 11.9 Å². The van der Waals surface area contributed by atoms with Crippen molar-refractivity contribution in [2.75, 3.05) is 39.8 Å². The van der Waals surface area contributed by atoms with E-state index in [1.807, 2.05) is 35.2 Å². The van der Waals surface area contributed by atoms with Gasteiger partial charge in [0.15, 0.2) is 0 Å². The van der Waals surface area contributed by atoms with Crippen molar-refractivity contribution < 1.29 is 14.3 Å². The summed E-state index contributed by atoms with van der Waals surface area (Å²) in [5.74, 6) is 1.05. The highest BCUT2D eigenvalue weighted by Crippen LogP contribution is 2.11. The Labute approximate surface area is 150 Å². The SMILES string of the molecule is CN(CCOc1ccccc1)C(=O)NCCCN1CCCCCC1=O. The van der Waals surface area contributed by atoms with Gasteiger partial charge in [0, 0.05) is 33.1 Å². The second-order valence-corrected chi connectivity index (χ2v) is 6.36. The van der Waals surface area contributed by atoms with Crippen molar-refractivity contribution in [1.29, 1.82) is 0 Å². The first kappa shape index (κ1) is 19.1. The zero-order chi connectivity index (χ0) is 17.9. The second-order valence-electron chi connectivity index (χ2n) is 6.36. The molecule has 0 radical (unpaired) electrons. The molecule has 3 amide bonds. The first-order valence-electron chi connectivity index (χ1n) is 9.11. The van der Waals surface area contributed by atoms with E-state index in [2.05, 4.69) is 5.32 Å². The van der Waals surface area contributed by atoms with E-state index >= 15 is 0 Å². The van der Waals surface area contributed by atoms with Crippen molar-refractivity contribution >= 4 is 11.9 Å². The van der Waals surface area contributed by atoms with Crippen LogP contribution in [0.5, 0.6) is 5.75 Å². The number of ether oxygens (including phenoxy) is 1. The Morgan fingerprint density at radius 2 is 2.04 bits per heavy atom. The Balaban J connectivity index is 1.57. The van der Waals surface area contributed by atoms with Crippen LogP contribution in [-0.2, 0) is 4.79 Å². The van der Waals surface area contributed by atoms with Gasteiger partial charge in [0.1, 0.15) is 12.4 Å². The predicted octanol–water partition coefficient (Wildman–Crippen LogP) is 2.50. The van der Waals surface area contributed by atoms with E-state index in [-0.39, 0.29) is 11.9 Å². The summed E-state index contributed by atoms with van der Waals surface area (Å²) in [5.41, 5.74) is 0. The average Bonchev–Trinajstić information content (AvgIpc) is 2.83. The van der Waals surface area contributed by atoms with Crippen molar-refractivity contribution in [2.24, 2.45) is 0 Å². The number of urea groups is 1. The first-order chi connectivity index (χ1) is 12.2. The molecule has 1 aliphatic rings. The third-order valence-corrected chi connectivity index (χ3v) is 4.34. The van der Waals surface area contributed by atoms with Crippen molar-refractivity contribution in [3.05, 3.63) is 30.3 Å². The van der Waals surface area contributed by atoms with Crippen LogP contribution in [-0.4, -0.2) is 61.6 Å². The third kappa shape index (κ3) is 7.03. The average molecular weight is 347 g/mol. The molecule has 138 valence electrons. The number of para-hydroxylation sites is 1. The Bertz CT molecular complexity index is 536. The van der Waals surface area contributed by atoms with Crippen LogP contribution >= 0.6 is 0 Å². The Kier molecular flexibility index (Phi) is 8.09. The van der Waals surface area contributed by atoms with Crippen LogP contribution in [0.3, 0.4) is 0 Å². The number of hydrogen-bond acceptors (Lipinski definition) is 3. The standard InChI is InChI=1S/C19H29N3O3/c1-21(15-16-25-17-9-4-2-5-10-17)19(24)20-12-8-14-22-13-7-3-6-11-18(22)23/h2,4-5,9-10H,3,6-8,11-16H2,1H3,(H,20,24). The van der Waals surface area contributed by atoms with Gasteiger partial charge in [-0.15, -0.1) is 0 Å². The van der Waals surface area contributed by atoms with Crippen molar-refractivity contribution in [3.8, 4) is 5.75 Å². The smallest absolute Gasteiger partial charge is 0.317 e. The van der Waals surface area contributed by atoms with E-state index < -0.39 is 0 Å². The van der Waals surface area contributed by atoms with Crippen LogP contribution in [0.25, 0.3) is 0 Å². The molecule has 1 N–H and O–H groups in total. The molecule has 6 heteroatoms. The van der Waals surface area contributed by atoms with Gasteiger partial charge in [-0.05, 0) is 31.4 Å². The molecule has 1 fully saturated rings. The molecule has 6 nitrogen and oxygen atoms in total. The molecular weight excluding hydrogens is 318 g/mol. The number of benzene rings is 1. The van der Waals surface area contributed by atoms with Crippen molar-refractivity contribution in [3.63, 3.8) is 0 Å². The molecule has 0 aromatic heterocycles. The maximum Gasteiger partial charge on any atom is 0.317 e. The number of hydrogen-bond donors (Lipinski definition) is 1. The monoisotopic (exact) mass is 347 g/mol. The fourth-order valence-electron chi connectivity index (χ4n) is 2.79. The number of amides is 3.